The predicted octanol–water partition coefficient (Wildman–Crippen LogP) is 1.57. The van der Waals surface area contributed by atoms with Crippen molar-refractivity contribution >= 4 is 5.97 Å². The summed E-state index contributed by atoms with van der Waals surface area (Å²) in [5.74, 6) is -0.813. The fraction of sp³-hybridized carbons (Fsp3) is 0.417. The van der Waals surface area contributed by atoms with Gasteiger partial charge in [0, 0.05) is 13.2 Å². The zero-order chi connectivity index (χ0) is 12.0. The van der Waals surface area contributed by atoms with Gasteiger partial charge in [-0.3, -0.25) is 4.79 Å². The van der Waals surface area contributed by atoms with Crippen LogP contribution in [0.4, 0.5) is 0 Å². The molecule has 88 valence electrons. The fourth-order valence-electron chi connectivity index (χ4n) is 1.70. The SMILES string of the molecule is CNC(CC(=O)O)c1ccccc1COC. The summed E-state index contributed by atoms with van der Waals surface area (Å²) in [4.78, 5) is 10.7. The van der Waals surface area contributed by atoms with E-state index in [1.807, 2.05) is 24.3 Å². The number of hydrogen-bond acceptors (Lipinski definition) is 3. The molecule has 0 radical (unpaired) electrons. The maximum absolute atomic E-state index is 10.7. The maximum atomic E-state index is 10.7. The Kier molecular flexibility index (Phi) is 4.95. The van der Waals surface area contributed by atoms with Crippen molar-refractivity contribution in [3.63, 3.8) is 0 Å². The minimum atomic E-state index is -0.813. The van der Waals surface area contributed by atoms with Gasteiger partial charge in [-0.2, -0.15) is 0 Å². The second-order valence-electron chi connectivity index (χ2n) is 3.57. The number of hydrogen-bond donors (Lipinski definition) is 2. The van der Waals surface area contributed by atoms with E-state index in [1.165, 1.54) is 0 Å². The predicted molar refractivity (Wildman–Crippen MR) is 61.2 cm³/mol. The molecule has 1 aromatic rings. The zero-order valence-corrected chi connectivity index (χ0v) is 9.56. The number of carbonyl (C=O) groups is 1. The molecule has 0 amide bonds. The lowest BCUT2D eigenvalue weighted by Crippen LogP contribution is -2.21. The third-order valence-corrected chi connectivity index (χ3v) is 2.46. The highest BCUT2D eigenvalue weighted by Crippen LogP contribution is 2.21. The average Bonchev–Trinajstić information content (AvgIpc) is 2.27. The van der Waals surface area contributed by atoms with Crippen LogP contribution in [-0.4, -0.2) is 25.2 Å². The summed E-state index contributed by atoms with van der Waals surface area (Å²) in [5.41, 5.74) is 2.00. The highest BCUT2D eigenvalue weighted by molar-refractivity contribution is 5.68. The van der Waals surface area contributed by atoms with Crippen molar-refractivity contribution in [3.05, 3.63) is 35.4 Å². The molecule has 0 bridgehead atoms. The van der Waals surface area contributed by atoms with Gasteiger partial charge in [-0.05, 0) is 18.2 Å². The van der Waals surface area contributed by atoms with E-state index in [0.717, 1.165) is 11.1 Å². The summed E-state index contributed by atoms with van der Waals surface area (Å²) in [5, 5.41) is 11.8. The van der Waals surface area contributed by atoms with Crippen LogP contribution >= 0.6 is 0 Å². The number of rotatable bonds is 6. The van der Waals surface area contributed by atoms with Crippen LogP contribution in [-0.2, 0) is 16.1 Å². The van der Waals surface area contributed by atoms with Gasteiger partial charge >= 0.3 is 5.97 Å². The van der Waals surface area contributed by atoms with Gasteiger partial charge in [0.15, 0.2) is 0 Å². The Labute approximate surface area is 95.2 Å². The molecule has 0 saturated carbocycles. The summed E-state index contributed by atoms with van der Waals surface area (Å²) in [7, 11) is 3.39. The summed E-state index contributed by atoms with van der Waals surface area (Å²) in [6, 6.07) is 7.53. The third kappa shape index (κ3) is 3.32. The van der Waals surface area contributed by atoms with Crippen LogP contribution in [0.5, 0.6) is 0 Å². The molecule has 0 fully saturated rings. The highest BCUT2D eigenvalue weighted by Gasteiger charge is 2.16. The van der Waals surface area contributed by atoms with Crippen molar-refractivity contribution < 1.29 is 14.6 Å². The Balaban J connectivity index is 2.94. The molecule has 2 N–H and O–H groups in total. The number of carboxylic acid groups (broad SMARTS) is 1. The molecule has 0 aliphatic heterocycles. The molecule has 0 saturated heterocycles. The Morgan fingerprint density at radius 1 is 1.50 bits per heavy atom. The molecular formula is C12H17NO3. The summed E-state index contributed by atoms with van der Waals surface area (Å²) in [6.07, 6.45) is 0.0667. The number of nitrogens with one attached hydrogen (secondary N) is 1. The number of benzene rings is 1. The smallest absolute Gasteiger partial charge is 0.305 e. The third-order valence-electron chi connectivity index (χ3n) is 2.46. The molecule has 1 rings (SSSR count). The Hall–Kier alpha value is -1.39. The van der Waals surface area contributed by atoms with Gasteiger partial charge < -0.3 is 15.2 Å². The monoisotopic (exact) mass is 223 g/mol. The number of carboxylic acids is 1. The van der Waals surface area contributed by atoms with E-state index in [2.05, 4.69) is 5.32 Å². The van der Waals surface area contributed by atoms with E-state index in [0.29, 0.717) is 6.61 Å². The van der Waals surface area contributed by atoms with E-state index < -0.39 is 5.97 Å². The Morgan fingerprint density at radius 2 is 2.19 bits per heavy atom. The number of aliphatic carboxylic acids is 1. The van der Waals surface area contributed by atoms with Gasteiger partial charge in [-0.15, -0.1) is 0 Å². The molecule has 4 nitrogen and oxygen atoms in total. The fourth-order valence-corrected chi connectivity index (χ4v) is 1.70. The second-order valence-corrected chi connectivity index (χ2v) is 3.57. The normalized spacial score (nSPS) is 12.4. The van der Waals surface area contributed by atoms with E-state index in [9.17, 15) is 4.79 Å². The molecule has 0 aliphatic rings. The molecule has 1 aromatic carbocycles. The summed E-state index contributed by atoms with van der Waals surface area (Å²) in [6.45, 7) is 0.494. The van der Waals surface area contributed by atoms with Crippen LogP contribution in [0.3, 0.4) is 0 Å². The molecule has 0 aliphatic carbocycles. The van der Waals surface area contributed by atoms with Crippen LogP contribution < -0.4 is 5.32 Å². The van der Waals surface area contributed by atoms with Gasteiger partial charge in [-0.25, -0.2) is 0 Å². The summed E-state index contributed by atoms with van der Waals surface area (Å²) >= 11 is 0. The first kappa shape index (κ1) is 12.7. The first-order valence-electron chi connectivity index (χ1n) is 5.14. The minimum absolute atomic E-state index is 0.0667. The topological polar surface area (TPSA) is 58.6 Å². The van der Waals surface area contributed by atoms with Gasteiger partial charge in [0.25, 0.3) is 0 Å². The van der Waals surface area contributed by atoms with Gasteiger partial charge in [0.05, 0.1) is 13.0 Å². The quantitative estimate of drug-likeness (QED) is 0.768. The van der Waals surface area contributed by atoms with Crippen molar-refractivity contribution in [2.45, 2.75) is 19.1 Å². The van der Waals surface area contributed by atoms with Crippen LogP contribution in [0.15, 0.2) is 24.3 Å². The highest BCUT2D eigenvalue weighted by atomic mass is 16.5. The van der Waals surface area contributed by atoms with Crippen molar-refractivity contribution in [1.29, 1.82) is 0 Å². The summed E-state index contributed by atoms with van der Waals surface area (Å²) < 4.78 is 5.09. The molecule has 0 spiro atoms. The van der Waals surface area contributed by atoms with Crippen LogP contribution in [0.25, 0.3) is 0 Å². The standard InChI is InChI=1S/C12H17NO3/c1-13-11(7-12(14)15)10-6-4-3-5-9(10)8-16-2/h3-6,11,13H,7-8H2,1-2H3,(H,14,15). The first-order chi connectivity index (χ1) is 7.69. The number of methoxy groups -OCH3 is 1. The molecule has 1 unspecified atom stereocenters. The molecule has 1 atom stereocenters. The Bertz CT molecular complexity index is 352. The van der Waals surface area contributed by atoms with Crippen molar-refractivity contribution in [2.24, 2.45) is 0 Å². The Morgan fingerprint density at radius 3 is 2.75 bits per heavy atom. The average molecular weight is 223 g/mol. The van der Waals surface area contributed by atoms with Gasteiger partial charge in [0.1, 0.15) is 0 Å². The molecular weight excluding hydrogens is 206 g/mol. The van der Waals surface area contributed by atoms with E-state index in [1.54, 1.807) is 14.2 Å². The number of ether oxygens (including phenoxy) is 1. The maximum Gasteiger partial charge on any atom is 0.305 e. The molecule has 16 heavy (non-hydrogen) atoms. The van der Waals surface area contributed by atoms with Crippen LogP contribution in [0, 0.1) is 0 Å². The second kappa shape index (κ2) is 6.25. The minimum Gasteiger partial charge on any atom is -0.481 e. The van der Waals surface area contributed by atoms with Crippen LogP contribution in [0.1, 0.15) is 23.6 Å². The van der Waals surface area contributed by atoms with Crippen molar-refractivity contribution in [2.75, 3.05) is 14.2 Å². The van der Waals surface area contributed by atoms with E-state index in [-0.39, 0.29) is 12.5 Å². The largest absolute Gasteiger partial charge is 0.481 e. The molecule has 4 heteroatoms. The zero-order valence-electron chi connectivity index (χ0n) is 9.56. The van der Waals surface area contributed by atoms with E-state index in [4.69, 9.17) is 9.84 Å². The van der Waals surface area contributed by atoms with Gasteiger partial charge in [-0.1, -0.05) is 24.3 Å². The lowest BCUT2D eigenvalue weighted by molar-refractivity contribution is -0.137. The first-order valence-corrected chi connectivity index (χ1v) is 5.14. The van der Waals surface area contributed by atoms with Crippen molar-refractivity contribution in [3.8, 4) is 0 Å². The molecule has 0 aromatic heterocycles. The van der Waals surface area contributed by atoms with E-state index >= 15 is 0 Å². The lowest BCUT2D eigenvalue weighted by Gasteiger charge is -2.18. The van der Waals surface area contributed by atoms with Crippen LogP contribution in [0.2, 0.25) is 0 Å². The van der Waals surface area contributed by atoms with Crippen molar-refractivity contribution in [1.82, 2.24) is 5.32 Å². The molecule has 0 heterocycles. The lowest BCUT2D eigenvalue weighted by atomic mass is 9.98. The van der Waals surface area contributed by atoms with Gasteiger partial charge in [0.2, 0.25) is 0 Å².